The van der Waals surface area contributed by atoms with E-state index < -0.39 is 5.82 Å². The summed E-state index contributed by atoms with van der Waals surface area (Å²) in [5.41, 5.74) is 1.55. The Morgan fingerprint density at radius 2 is 1.65 bits per heavy atom. The molecule has 0 saturated carbocycles. The summed E-state index contributed by atoms with van der Waals surface area (Å²) in [4.78, 5) is 9.17. The van der Waals surface area contributed by atoms with Gasteiger partial charge in [0, 0.05) is 12.5 Å². The maximum absolute atomic E-state index is 13.5. The fraction of sp³-hybridized carbons (Fsp3) is 0.350. The number of aldehydes is 1. The third-order valence-electron chi connectivity index (χ3n) is 3.55. The molecule has 2 aromatic rings. The van der Waals surface area contributed by atoms with E-state index in [0.717, 1.165) is 17.4 Å². The molecule has 4 nitrogen and oxygen atoms in total. The van der Waals surface area contributed by atoms with Crippen molar-refractivity contribution in [1.29, 1.82) is 0 Å². The first-order valence-corrected chi connectivity index (χ1v) is 8.64. The van der Waals surface area contributed by atoms with Gasteiger partial charge in [0.1, 0.15) is 36.0 Å². The van der Waals surface area contributed by atoms with Gasteiger partial charge in [0.25, 0.3) is 0 Å². The molecule has 0 saturated heterocycles. The lowest BCUT2D eigenvalue weighted by molar-refractivity contribution is -0.107. The summed E-state index contributed by atoms with van der Waals surface area (Å²) in [7, 11) is 3.18. The summed E-state index contributed by atoms with van der Waals surface area (Å²) >= 11 is 5.84. The van der Waals surface area contributed by atoms with Crippen LogP contribution in [0.5, 0.6) is 17.2 Å². The van der Waals surface area contributed by atoms with E-state index in [-0.39, 0.29) is 11.6 Å². The highest BCUT2D eigenvalue weighted by Crippen LogP contribution is 2.32. The molecule has 0 amide bonds. The fourth-order valence-corrected chi connectivity index (χ4v) is 2.35. The average molecular weight is 383 g/mol. The molecule has 0 fully saturated rings. The van der Waals surface area contributed by atoms with Gasteiger partial charge in [-0.05, 0) is 30.2 Å². The largest absolute Gasteiger partial charge is 0.496 e. The van der Waals surface area contributed by atoms with Gasteiger partial charge in [0.2, 0.25) is 0 Å². The lowest BCUT2D eigenvalue weighted by Crippen LogP contribution is -2.03. The van der Waals surface area contributed by atoms with Crippen LogP contribution in [0.3, 0.4) is 0 Å². The topological polar surface area (TPSA) is 44.8 Å². The van der Waals surface area contributed by atoms with Crippen LogP contribution in [0.25, 0.3) is 0 Å². The van der Waals surface area contributed by atoms with E-state index in [9.17, 15) is 9.18 Å². The highest BCUT2D eigenvalue weighted by atomic mass is 35.5. The minimum absolute atomic E-state index is 0.0409. The van der Waals surface area contributed by atoms with Crippen molar-refractivity contribution in [2.24, 2.45) is 0 Å². The van der Waals surface area contributed by atoms with Crippen LogP contribution in [0.15, 0.2) is 30.3 Å². The van der Waals surface area contributed by atoms with E-state index in [0.29, 0.717) is 30.1 Å². The van der Waals surface area contributed by atoms with E-state index in [1.54, 1.807) is 14.2 Å². The minimum atomic E-state index is -0.444. The summed E-state index contributed by atoms with van der Waals surface area (Å²) < 4.78 is 30.0. The molecule has 142 valence electrons. The third kappa shape index (κ3) is 5.92. The highest BCUT2D eigenvalue weighted by molar-refractivity contribution is 6.30. The van der Waals surface area contributed by atoms with Crippen molar-refractivity contribution in [2.75, 3.05) is 14.2 Å². The van der Waals surface area contributed by atoms with Crippen LogP contribution < -0.4 is 14.2 Å². The van der Waals surface area contributed by atoms with Crippen LogP contribution in [-0.2, 0) is 17.8 Å². The number of ether oxygens (including phenoxy) is 3. The Morgan fingerprint density at radius 3 is 2.12 bits per heavy atom. The first kappa shape index (κ1) is 21.8. The molecule has 0 unspecified atom stereocenters. The van der Waals surface area contributed by atoms with Crippen molar-refractivity contribution >= 4 is 17.9 Å². The molecule has 26 heavy (non-hydrogen) atoms. The van der Waals surface area contributed by atoms with Gasteiger partial charge in [0.05, 0.1) is 24.8 Å². The molecule has 2 aromatic carbocycles. The number of aryl methyl sites for hydroxylation is 1. The first-order chi connectivity index (χ1) is 12.5. The molecule has 0 aromatic heterocycles. The lowest BCUT2D eigenvalue weighted by Gasteiger charge is -2.15. The molecule has 0 spiro atoms. The number of halogens is 2. The molecule has 0 bridgehead atoms. The second kappa shape index (κ2) is 11.4. The summed E-state index contributed by atoms with van der Waals surface area (Å²) in [6.45, 7) is 3.98. The quantitative estimate of drug-likeness (QED) is 0.615. The SMILES string of the molecule is CCC=O.CCc1cc(F)c(Cl)cc1OCc1c(OC)cccc1OC. The molecule has 0 heterocycles. The molecule has 0 aliphatic rings. The van der Waals surface area contributed by atoms with Crippen LogP contribution in [-0.4, -0.2) is 20.5 Å². The van der Waals surface area contributed by atoms with Gasteiger partial charge in [-0.15, -0.1) is 0 Å². The normalized spacial score (nSPS) is 9.77. The van der Waals surface area contributed by atoms with Crippen molar-refractivity contribution in [1.82, 2.24) is 0 Å². The maximum Gasteiger partial charge on any atom is 0.142 e. The van der Waals surface area contributed by atoms with E-state index >= 15 is 0 Å². The van der Waals surface area contributed by atoms with E-state index in [1.165, 1.54) is 12.1 Å². The van der Waals surface area contributed by atoms with Crippen molar-refractivity contribution < 1.29 is 23.4 Å². The van der Waals surface area contributed by atoms with Crippen LogP contribution in [0, 0.1) is 5.82 Å². The number of rotatable bonds is 7. The van der Waals surface area contributed by atoms with Crippen LogP contribution >= 0.6 is 11.6 Å². The van der Waals surface area contributed by atoms with E-state index in [1.807, 2.05) is 32.0 Å². The van der Waals surface area contributed by atoms with Crippen LogP contribution in [0.4, 0.5) is 4.39 Å². The van der Waals surface area contributed by atoms with Gasteiger partial charge in [-0.25, -0.2) is 4.39 Å². The smallest absolute Gasteiger partial charge is 0.142 e. The van der Waals surface area contributed by atoms with Gasteiger partial charge >= 0.3 is 0 Å². The number of hydrogen-bond acceptors (Lipinski definition) is 4. The first-order valence-electron chi connectivity index (χ1n) is 8.26. The number of benzene rings is 2. The number of carbonyl (C=O) groups excluding carboxylic acids is 1. The standard InChI is InChI=1S/C17H18ClFO3.C3H6O/c1-4-11-8-14(19)13(18)9-17(11)22-10-12-15(20-2)6-5-7-16(12)21-3;1-2-3-4/h5-9H,4,10H2,1-3H3;3H,2H2,1H3. The Hall–Kier alpha value is -2.27. The second-order valence-corrected chi connectivity index (χ2v) is 5.64. The summed E-state index contributed by atoms with van der Waals surface area (Å²) in [5, 5.41) is 0.0409. The average Bonchev–Trinajstić information content (AvgIpc) is 2.68. The Labute approximate surface area is 158 Å². The Bertz CT molecular complexity index is 697. The maximum atomic E-state index is 13.5. The zero-order chi connectivity index (χ0) is 19.5. The van der Waals surface area contributed by atoms with Gasteiger partial charge < -0.3 is 19.0 Å². The van der Waals surface area contributed by atoms with Crippen molar-refractivity contribution in [3.63, 3.8) is 0 Å². The highest BCUT2D eigenvalue weighted by Gasteiger charge is 2.13. The van der Waals surface area contributed by atoms with Gasteiger partial charge in [-0.1, -0.05) is 31.5 Å². The number of hydrogen-bond donors (Lipinski definition) is 0. The van der Waals surface area contributed by atoms with Crippen LogP contribution in [0.1, 0.15) is 31.4 Å². The van der Waals surface area contributed by atoms with Crippen LogP contribution in [0.2, 0.25) is 5.02 Å². The van der Waals surface area contributed by atoms with Crippen molar-refractivity contribution in [2.45, 2.75) is 33.3 Å². The van der Waals surface area contributed by atoms with Gasteiger partial charge in [-0.2, -0.15) is 0 Å². The molecular weight excluding hydrogens is 359 g/mol. The molecule has 0 N–H and O–H groups in total. The molecule has 0 atom stereocenters. The molecular formula is C20H24ClFO4. The summed E-state index contributed by atoms with van der Waals surface area (Å²) in [6.07, 6.45) is 2.16. The molecule has 2 rings (SSSR count). The molecule has 0 radical (unpaired) electrons. The summed E-state index contributed by atoms with van der Waals surface area (Å²) in [6, 6.07) is 8.40. The number of methoxy groups -OCH3 is 2. The predicted molar refractivity (Wildman–Crippen MR) is 101 cm³/mol. The predicted octanol–water partition coefficient (Wildman–Crippen LogP) is 5.23. The molecule has 6 heteroatoms. The van der Waals surface area contributed by atoms with Gasteiger partial charge in [-0.3, -0.25) is 0 Å². The Balaban J connectivity index is 0.000000765. The number of carbonyl (C=O) groups is 1. The second-order valence-electron chi connectivity index (χ2n) is 5.23. The Morgan fingerprint density at radius 1 is 1.08 bits per heavy atom. The lowest BCUT2D eigenvalue weighted by atomic mass is 10.1. The zero-order valence-corrected chi connectivity index (χ0v) is 16.2. The monoisotopic (exact) mass is 382 g/mol. The summed E-state index contributed by atoms with van der Waals surface area (Å²) in [5.74, 6) is 1.46. The van der Waals surface area contributed by atoms with Gasteiger partial charge in [0.15, 0.2) is 0 Å². The van der Waals surface area contributed by atoms with E-state index in [2.05, 4.69) is 0 Å². The molecule has 0 aliphatic heterocycles. The zero-order valence-electron chi connectivity index (χ0n) is 15.5. The Kier molecular flexibility index (Phi) is 9.52. The van der Waals surface area contributed by atoms with Crippen molar-refractivity contribution in [3.05, 3.63) is 52.3 Å². The fourth-order valence-electron chi connectivity index (χ4n) is 2.20. The van der Waals surface area contributed by atoms with E-state index in [4.69, 9.17) is 25.8 Å². The third-order valence-corrected chi connectivity index (χ3v) is 3.84. The minimum Gasteiger partial charge on any atom is -0.496 e. The van der Waals surface area contributed by atoms with Crippen molar-refractivity contribution in [3.8, 4) is 17.2 Å². The molecule has 0 aliphatic carbocycles.